The van der Waals surface area contributed by atoms with Gasteiger partial charge in [-0.1, -0.05) is 90.9 Å². The molecule has 0 aromatic carbocycles. The first kappa shape index (κ1) is 27.5. The minimum Gasteiger partial charge on any atom is -0.390 e. The molecule has 0 radical (unpaired) electrons. The second kappa shape index (κ2) is 16.3. The molecule has 0 aliphatic carbocycles. The van der Waals surface area contributed by atoms with Crippen molar-refractivity contribution in [3.63, 3.8) is 0 Å². The van der Waals surface area contributed by atoms with Crippen LogP contribution in [-0.4, -0.2) is 50.2 Å². The van der Waals surface area contributed by atoms with Crippen LogP contribution in [0.15, 0.2) is 0 Å². The molecule has 6 nitrogen and oxygen atoms in total. The van der Waals surface area contributed by atoms with Gasteiger partial charge in [0.05, 0.1) is 12.1 Å². The van der Waals surface area contributed by atoms with Crippen LogP contribution in [0.3, 0.4) is 0 Å². The quantitative estimate of drug-likeness (QED) is 0.167. The Morgan fingerprint density at radius 1 is 0.786 bits per heavy atom. The van der Waals surface area contributed by atoms with E-state index in [4.69, 9.17) is 5.73 Å². The Kier molecular flexibility index (Phi) is 16.0. The molecule has 0 saturated heterocycles. The van der Waals surface area contributed by atoms with Gasteiger partial charge in [0.25, 0.3) is 0 Å². The molecule has 0 heterocycles. The van der Waals surface area contributed by atoms with E-state index in [1.165, 1.54) is 57.8 Å². The van der Waals surface area contributed by atoms with Crippen molar-refractivity contribution in [1.82, 2.24) is 0 Å². The van der Waals surface area contributed by atoms with E-state index in [1.807, 2.05) is 0 Å². The summed E-state index contributed by atoms with van der Waals surface area (Å²) in [6.45, 7) is 3.97. The van der Waals surface area contributed by atoms with E-state index < -0.39 is 29.8 Å². The van der Waals surface area contributed by atoms with Crippen LogP contribution in [0.5, 0.6) is 0 Å². The lowest BCUT2D eigenvalue weighted by molar-refractivity contribution is -0.205. The maximum Gasteiger partial charge on any atom is 0.242 e. The van der Waals surface area contributed by atoms with Crippen molar-refractivity contribution in [2.75, 3.05) is 0 Å². The predicted octanol–water partition coefficient (Wildman–Crippen LogP) is 3.18. The fourth-order valence-electron chi connectivity index (χ4n) is 3.44. The van der Waals surface area contributed by atoms with Gasteiger partial charge in [-0.05, 0) is 12.8 Å². The molecule has 0 aromatic heterocycles. The third-order valence-corrected chi connectivity index (χ3v) is 5.47. The smallest absolute Gasteiger partial charge is 0.242 e. The van der Waals surface area contributed by atoms with Gasteiger partial charge in [0.2, 0.25) is 5.79 Å². The Morgan fingerprint density at radius 2 is 1.21 bits per heavy atom. The molecule has 0 spiro atoms. The van der Waals surface area contributed by atoms with Crippen LogP contribution in [0.4, 0.5) is 0 Å². The number of rotatable bonds is 19. The fraction of sp³-hybridized carbons (Fsp3) is 0.955. The molecular formula is C22H45NO5. The maximum atomic E-state index is 11.7. The number of aliphatic hydroxyl groups is 4. The zero-order valence-electron chi connectivity index (χ0n) is 18.1. The van der Waals surface area contributed by atoms with Crippen LogP contribution < -0.4 is 5.73 Å². The van der Waals surface area contributed by atoms with Crippen molar-refractivity contribution in [2.24, 2.45) is 5.73 Å². The predicted molar refractivity (Wildman–Crippen MR) is 113 cm³/mol. The lowest BCUT2D eigenvalue weighted by Crippen LogP contribution is -2.61. The van der Waals surface area contributed by atoms with Crippen molar-refractivity contribution in [1.29, 1.82) is 0 Å². The molecule has 0 bridgehead atoms. The van der Waals surface area contributed by atoms with Gasteiger partial charge in [-0.2, -0.15) is 0 Å². The van der Waals surface area contributed by atoms with Gasteiger partial charge in [-0.25, -0.2) is 0 Å². The van der Waals surface area contributed by atoms with E-state index in [2.05, 4.69) is 6.92 Å². The molecule has 6 heteroatoms. The number of unbranched alkanes of at least 4 members (excludes halogenated alkanes) is 11. The normalized spacial score (nSPS) is 15.4. The van der Waals surface area contributed by atoms with Crippen molar-refractivity contribution >= 4 is 5.78 Å². The highest BCUT2D eigenvalue weighted by Crippen LogP contribution is 2.18. The highest BCUT2D eigenvalue weighted by molar-refractivity contribution is 5.86. The molecule has 0 rings (SSSR count). The Labute approximate surface area is 171 Å². The van der Waals surface area contributed by atoms with E-state index >= 15 is 0 Å². The molecular weight excluding hydrogens is 358 g/mol. The number of Topliss-reactive ketones (excluding diaryl/α,β-unsaturated/α-hetero) is 1. The Bertz CT molecular complexity index is 389. The number of carbonyl (C=O) groups excluding carboxylic acids is 1. The zero-order chi connectivity index (χ0) is 21.4. The van der Waals surface area contributed by atoms with Gasteiger partial charge in [0.1, 0.15) is 6.10 Å². The average Bonchev–Trinajstić information content (AvgIpc) is 2.67. The minimum absolute atomic E-state index is 0.0394. The Morgan fingerprint density at radius 3 is 1.64 bits per heavy atom. The maximum absolute atomic E-state index is 11.7. The standard InChI is InChI=1S/C22H45NO5/c1-3-5-6-7-8-9-10-11-12-13-14-15-17-18(24)20(26)21(23)22(27,28)19(25)16-4-2/h18,20-21,24,26-28H,3-17,23H2,1-2H3/t18-,20-,21-/m1/s1. The van der Waals surface area contributed by atoms with Crippen molar-refractivity contribution in [3.05, 3.63) is 0 Å². The number of hydrogen-bond donors (Lipinski definition) is 5. The summed E-state index contributed by atoms with van der Waals surface area (Å²) in [5.41, 5.74) is 5.63. The SMILES string of the molecule is CCCCCCCCCCCCCC[C@@H](O)[C@@H](O)[C@@H](N)C(O)(O)C(=O)CCC. The summed E-state index contributed by atoms with van der Waals surface area (Å²) in [4.78, 5) is 11.7. The first-order valence-corrected chi connectivity index (χ1v) is 11.4. The monoisotopic (exact) mass is 403 g/mol. The molecule has 6 N–H and O–H groups in total. The van der Waals surface area contributed by atoms with Crippen molar-refractivity contribution in [2.45, 2.75) is 134 Å². The first-order valence-electron chi connectivity index (χ1n) is 11.4. The summed E-state index contributed by atoms with van der Waals surface area (Å²) in [6.07, 6.45) is 12.5. The van der Waals surface area contributed by atoms with Crippen molar-refractivity contribution in [3.8, 4) is 0 Å². The van der Waals surface area contributed by atoms with E-state index in [0.717, 1.165) is 19.3 Å². The molecule has 0 unspecified atom stereocenters. The molecule has 0 amide bonds. The summed E-state index contributed by atoms with van der Waals surface area (Å²) in [6, 6.07) is -1.63. The first-order chi connectivity index (χ1) is 13.3. The molecule has 168 valence electrons. The lowest BCUT2D eigenvalue weighted by atomic mass is 9.91. The summed E-state index contributed by atoms with van der Waals surface area (Å²) < 4.78 is 0. The molecule has 0 fully saturated rings. The number of carbonyl (C=O) groups is 1. The molecule has 0 aliphatic heterocycles. The van der Waals surface area contributed by atoms with Gasteiger partial charge in [0.15, 0.2) is 5.78 Å². The number of hydrogen-bond acceptors (Lipinski definition) is 6. The third kappa shape index (κ3) is 11.5. The number of ketones is 1. The molecule has 0 aromatic rings. The summed E-state index contributed by atoms with van der Waals surface area (Å²) in [5, 5.41) is 39.9. The Hall–Kier alpha value is -0.530. The van der Waals surface area contributed by atoms with E-state index in [1.54, 1.807) is 6.92 Å². The fourth-order valence-corrected chi connectivity index (χ4v) is 3.44. The molecule has 3 atom stereocenters. The topological polar surface area (TPSA) is 124 Å². The second-order valence-corrected chi connectivity index (χ2v) is 8.16. The zero-order valence-corrected chi connectivity index (χ0v) is 18.1. The molecule has 0 aliphatic rings. The van der Waals surface area contributed by atoms with Crippen LogP contribution in [0.25, 0.3) is 0 Å². The second-order valence-electron chi connectivity index (χ2n) is 8.16. The Balaban J connectivity index is 3.82. The highest BCUT2D eigenvalue weighted by atomic mass is 16.5. The van der Waals surface area contributed by atoms with Gasteiger partial charge < -0.3 is 26.2 Å². The number of nitrogens with two attached hydrogens (primary N) is 1. The summed E-state index contributed by atoms with van der Waals surface area (Å²) in [7, 11) is 0. The van der Waals surface area contributed by atoms with Crippen LogP contribution in [0.2, 0.25) is 0 Å². The van der Waals surface area contributed by atoms with Crippen molar-refractivity contribution < 1.29 is 25.2 Å². The summed E-state index contributed by atoms with van der Waals surface area (Å²) in [5.74, 6) is -3.65. The average molecular weight is 404 g/mol. The van der Waals surface area contributed by atoms with Crippen LogP contribution in [0, 0.1) is 0 Å². The van der Waals surface area contributed by atoms with Crippen LogP contribution >= 0.6 is 0 Å². The van der Waals surface area contributed by atoms with Gasteiger partial charge >= 0.3 is 0 Å². The van der Waals surface area contributed by atoms with E-state index in [9.17, 15) is 25.2 Å². The van der Waals surface area contributed by atoms with Gasteiger partial charge in [-0.3, -0.25) is 4.79 Å². The van der Waals surface area contributed by atoms with Crippen LogP contribution in [0.1, 0.15) is 110 Å². The summed E-state index contributed by atoms with van der Waals surface area (Å²) >= 11 is 0. The van der Waals surface area contributed by atoms with Gasteiger partial charge in [0, 0.05) is 6.42 Å². The number of aliphatic hydroxyl groups excluding tert-OH is 2. The van der Waals surface area contributed by atoms with Crippen LogP contribution in [-0.2, 0) is 4.79 Å². The van der Waals surface area contributed by atoms with Gasteiger partial charge in [-0.15, -0.1) is 0 Å². The highest BCUT2D eigenvalue weighted by Gasteiger charge is 2.44. The molecule has 0 saturated carbocycles. The third-order valence-electron chi connectivity index (χ3n) is 5.47. The molecule has 28 heavy (non-hydrogen) atoms. The van der Waals surface area contributed by atoms with E-state index in [-0.39, 0.29) is 6.42 Å². The lowest BCUT2D eigenvalue weighted by Gasteiger charge is -2.32. The van der Waals surface area contributed by atoms with E-state index in [0.29, 0.717) is 12.8 Å². The largest absolute Gasteiger partial charge is 0.390 e. The minimum atomic E-state index is -2.81.